The monoisotopic (exact) mass is 1110 g/mol. The van der Waals surface area contributed by atoms with E-state index in [1.807, 2.05) is 0 Å². The van der Waals surface area contributed by atoms with E-state index in [1.54, 1.807) is 0 Å². The minimum atomic E-state index is -1.67. The standard InChI is InChI=1S/2C7H14N2.2C6H8O4.10H2O.2Pt/c2*1-6-2-8-4-7(1)5-9-3-6;2*7-4(8)6(5(9)10)2-1-3-6;;;;;;;;;;;;/h2*6-9H,1-5H2;2*1-3H2,(H,7,8)(H,9,10);10*1H2;;. The molecule has 22 nitrogen and oxygen atoms in total. The molecule has 6 rings (SSSR count). The Labute approximate surface area is 318 Å². The predicted molar refractivity (Wildman–Crippen MR) is 168 cm³/mol. The van der Waals surface area contributed by atoms with E-state index in [0.717, 1.165) is 23.7 Å². The van der Waals surface area contributed by atoms with Gasteiger partial charge in [0, 0.05) is 53.0 Å². The molecule has 4 aliphatic heterocycles. The van der Waals surface area contributed by atoms with E-state index in [0.29, 0.717) is 12.8 Å². The van der Waals surface area contributed by atoms with E-state index < -0.39 is 34.7 Å². The molecule has 0 radical (unpaired) electrons. The molecule has 0 amide bonds. The van der Waals surface area contributed by atoms with Crippen molar-refractivity contribution in [3.63, 3.8) is 0 Å². The second kappa shape index (κ2) is 34.8. The van der Waals surface area contributed by atoms with Gasteiger partial charge in [-0.1, -0.05) is 12.8 Å². The van der Waals surface area contributed by atoms with Gasteiger partial charge in [-0.05, 0) is 115 Å². The maximum absolute atomic E-state index is 10.2. The van der Waals surface area contributed by atoms with Gasteiger partial charge < -0.3 is 116 Å². The fourth-order valence-electron chi connectivity index (χ4n) is 5.91. The Kier molecular flexibility index (Phi) is 51.4. The smallest absolute Gasteiger partial charge is 0.0532 e. The Morgan fingerprint density at radius 3 is 0.620 bits per heavy atom. The minimum absolute atomic E-state index is 0. The third kappa shape index (κ3) is 19.5. The molecule has 0 spiro atoms. The molecular formula is C26H64N4O18Pt2. The zero-order valence-electron chi connectivity index (χ0n) is 27.8. The van der Waals surface area contributed by atoms with Gasteiger partial charge in [0.15, 0.2) is 0 Å². The minimum Gasteiger partial charge on any atom is -0.549 e. The van der Waals surface area contributed by atoms with Crippen molar-refractivity contribution in [2.75, 3.05) is 52.4 Å². The third-order valence-corrected chi connectivity index (χ3v) is 8.77. The summed E-state index contributed by atoms with van der Waals surface area (Å²) in [6.07, 6.45) is 4.77. The Morgan fingerprint density at radius 1 is 0.400 bits per heavy atom. The summed E-state index contributed by atoms with van der Waals surface area (Å²) in [6.45, 7) is 9.92. The second-order valence-corrected chi connectivity index (χ2v) is 11.6. The van der Waals surface area contributed by atoms with Gasteiger partial charge in [0.1, 0.15) is 0 Å². The topological polar surface area (TPSA) is 530 Å². The van der Waals surface area contributed by atoms with Crippen molar-refractivity contribution in [2.45, 2.75) is 51.4 Å². The number of carbonyl (C=O) groups is 4. The molecule has 4 saturated heterocycles. The number of fused-ring (bicyclic) bond motifs is 4. The van der Waals surface area contributed by atoms with Crippen molar-refractivity contribution < 1.29 is 136 Å². The zero-order chi connectivity index (χ0) is 27.8. The van der Waals surface area contributed by atoms with Gasteiger partial charge >= 0.3 is 0 Å². The van der Waals surface area contributed by atoms with Crippen molar-refractivity contribution in [1.82, 2.24) is 21.3 Å². The average Bonchev–Trinajstić information content (AvgIpc) is 2.78. The molecule has 28 N–H and O–H groups in total. The van der Waals surface area contributed by atoms with Crippen molar-refractivity contribution in [3.05, 3.63) is 0 Å². The number of hydrogen-bond donors (Lipinski definition) is 4. The first-order valence-electron chi connectivity index (χ1n) is 13.8. The average molecular weight is 1110 g/mol. The van der Waals surface area contributed by atoms with Crippen LogP contribution < -0.4 is 41.7 Å². The van der Waals surface area contributed by atoms with E-state index in [4.69, 9.17) is 0 Å². The summed E-state index contributed by atoms with van der Waals surface area (Å²) < 4.78 is 0. The molecule has 0 unspecified atom stereocenters. The normalized spacial score (nSPS) is 23.8. The number of aliphatic carboxylic acids is 4. The number of rotatable bonds is 4. The Hall–Kier alpha value is -1.30. The summed E-state index contributed by atoms with van der Waals surface area (Å²) in [5, 5.41) is 54.6. The summed E-state index contributed by atoms with van der Waals surface area (Å²) >= 11 is 0. The van der Waals surface area contributed by atoms with Crippen LogP contribution in [-0.2, 0) is 83.2 Å². The number of carboxylic acid groups (broad SMARTS) is 4. The molecule has 4 bridgehead atoms. The van der Waals surface area contributed by atoms with Crippen LogP contribution in [0.3, 0.4) is 0 Å². The van der Waals surface area contributed by atoms with Gasteiger partial charge in [-0.3, -0.25) is 0 Å². The summed E-state index contributed by atoms with van der Waals surface area (Å²) in [4.78, 5) is 40.9. The van der Waals surface area contributed by atoms with Crippen LogP contribution in [0.4, 0.5) is 0 Å². The van der Waals surface area contributed by atoms with Crippen LogP contribution in [0.2, 0.25) is 0 Å². The van der Waals surface area contributed by atoms with Crippen LogP contribution in [0.15, 0.2) is 0 Å². The maximum atomic E-state index is 10.2. The largest absolute Gasteiger partial charge is 0.549 e. The van der Waals surface area contributed by atoms with E-state index in [9.17, 15) is 39.6 Å². The van der Waals surface area contributed by atoms with E-state index in [1.165, 1.54) is 65.2 Å². The molecule has 316 valence electrons. The molecule has 4 heterocycles. The zero-order valence-corrected chi connectivity index (χ0v) is 32.4. The molecule has 2 aliphatic carbocycles. The first-order chi connectivity index (χ1) is 18.1. The summed E-state index contributed by atoms with van der Waals surface area (Å²) in [5.74, 6) is -2.35. The van der Waals surface area contributed by atoms with Crippen LogP contribution in [0.5, 0.6) is 0 Å². The first kappa shape index (κ1) is 74.0. The number of carbonyl (C=O) groups excluding carboxylic acids is 4. The fraction of sp³-hybridized carbons (Fsp3) is 0.846. The van der Waals surface area contributed by atoms with Gasteiger partial charge in [-0.2, -0.15) is 0 Å². The van der Waals surface area contributed by atoms with Gasteiger partial charge in [-0.25, -0.2) is 0 Å². The molecule has 0 atom stereocenters. The summed E-state index contributed by atoms with van der Waals surface area (Å²) in [7, 11) is 0. The Balaban J connectivity index is -0.0000000494. The quantitative estimate of drug-likeness (QED) is 0.151. The molecular weight excluding hydrogens is 1050 g/mol. The SMILES string of the molecule is C1NCC2CNCC1C2.C1NCC2CNCC1C2.O.O.O.O.O.O.O=C([O-])C1(C(=O)[O-])CCC1.O=C([O-])C1(C(=O)[O-])CCC1.[OH3+].[OH3+].[OH3+].[OH3+].[Pt].[Pt]. The molecule has 50 heavy (non-hydrogen) atoms. The first-order valence-corrected chi connectivity index (χ1v) is 13.8. The van der Waals surface area contributed by atoms with Crippen LogP contribution in [-0.4, -0.2) is 109 Å². The van der Waals surface area contributed by atoms with Crippen LogP contribution in [0.1, 0.15) is 51.4 Å². The number of piperidine rings is 4. The van der Waals surface area contributed by atoms with Crippen molar-refractivity contribution in [3.8, 4) is 0 Å². The van der Waals surface area contributed by atoms with Crippen LogP contribution in [0, 0.1) is 34.5 Å². The molecule has 6 fully saturated rings. The Bertz CT molecular complexity index is 735. The summed E-state index contributed by atoms with van der Waals surface area (Å²) in [6, 6.07) is 0. The fourth-order valence-corrected chi connectivity index (χ4v) is 5.91. The van der Waals surface area contributed by atoms with Gasteiger partial charge in [0.25, 0.3) is 0 Å². The number of hydrogen-bond acceptors (Lipinski definition) is 12. The van der Waals surface area contributed by atoms with Crippen LogP contribution >= 0.6 is 0 Å². The molecule has 24 heteroatoms. The Morgan fingerprint density at radius 2 is 0.560 bits per heavy atom. The van der Waals surface area contributed by atoms with Crippen LogP contribution in [0.25, 0.3) is 0 Å². The van der Waals surface area contributed by atoms with Crippen molar-refractivity contribution >= 4 is 23.9 Å². The predicted octanol–water partition coefficient (Wildman–Crippen LogP) is -13.7. The van der Waals surface area contributed by atoms with Gasteiger partial charge in [0.2, 0.25) is 0 Å². The molecule has 2 saturated carbocycles. The molecule has 0 aromatic rings. The van der Waals surface area contributed by atoms with E-state index in [2.05, 4.69) is 21.3 Å². The van der Waals surface area contributed by atoms with Crippen molar-refractivity contribution in [1.29, 1.82) is 0 Å². The number of carboxylic acids is 4. The molecule has 6 aliphatic rings. The van der Waals surface area contributed by atoms with E-state index in [-0.39, 0.29) is 123 Å². The van der Waals surface area contributed by atoms with E-state index >= 15 is 0 Å². The third-order valence-electron chi connectivity index (χ3n) is 8.77. The maximum Gasteiger partial charge on any atom is 0.0532 e. The molecule has 0 aromatic heterocycles. The summed E-state index contributed by atoms with van der Waals surface area (Å²) in [5.41, 5.74) is -3.33. The number of nitrogens with one attached hydrogen (secondary N) is 4. The van der Waals surface area contributed by atoms with Gasteiger partial charge in [0.05, 0.1) is 23.9 Å². The van der Waals surface area contributed by atoms with Crippen molar-refractivity contribution in [2.24, 2.45) is 34.5 Å². The molecule has 0 aromatic carbocycles. The van der Waals surface area contributed by atoms with Gasteiger partial charge in [-0.15, -0.1) is 0 Å². The second-order valence-electron chi connectivity index (χ2n) is 11.6.